The van der Waals surface area contributed by atoms with Crippen LogP contribution in [0.5, 0.6) is 0 Å². The van der Waals surface area contributed by atoms with Crippen LogP contribution in [0.3, 0.4) is 0 Å². The Labute approximate surface area is 131 Å². The topological polar surface area (TPSA) is 73.8 Å². The van der Waals surface area contributed by atoms with E-state index in [1.165, 1.54) is 14.1 Å². The van der Waals surface area contributed by atoms with E-state index in [1.54, 1.807) is 11.1 Å². The quantitative estimate of drug-likeness (QED) is 0.762. The molecule has 0 radical (unpaired) electrons. The van der Waals surface area contributed by atoms with Crippen LogP contribution in [0.25, 0.3) is 0 Å². The summed E-state index contributed by atoms with van der Waals surface area (Å²) < 4.78 is 24.5. The average molecular weight is 326 g/mol. The van der Waals surface area contributed by atoms with Gasteiger partial charge in [-0.15, -0.1) is 0 Å². The van der Waals surface area contributed by atoms with E-state index in [2.05, 4.69) is 9.88 Å². The highest BCUT2D eigenvalue weighted by atomic mass is 32.2. The number of rotatable bonds is 5. The van der Waals surface area contributed by atoms with Gasteiger partial charge >= 0.3 is 0 Å². The van der Waals surface area contributed by atoms with Crippen molar-refractivity contribution in [1.82, 2.24) is 14.2 Å². The number of hydrogen-bond donors (Lipinski definition) is 0. The summed E-state index contributed by atoms with van der Waals surface area (Å²) in [6.07, 6.45) is 1.78. The third-order valence-corrected chi connectivity index (χ3v) is 5.57. The lowest BCUT2D eigenvalue weighted by atomic mass is 10.3. The first-order valence-corrected chi connectivity index (χ1v) is 8.85. The van der Waals surface area contributed by atoms with Gasteiger partial charge in [-0.1, -0.05) is 6.07 Å². The summed E-state index contributed by atoms with van der Waals surface area (Å²) in [7, 11) is -0.365. The van der Waals surface area contributed by atoms with E-state index >= 15 is 0 Å². The molecule has 0 aromatic carbocycles. The molecule has 2 rings (SSSR count). The highest BCUT2D eigenvalue weighted by Crippen LogP contribution is 2.13. The van der Waals surface area contributed by atoms with Gasteiger partial charge < -0.3 is 9.80 Å². The number of aromatic nitrogens is 1. The number of hydrogen-bond acceptors (Lipinski definition) is 5. The number of amides is 1. The second-order valence-electron chi connectivity index (χ2n) is 5.40. The van der Waals surface area contributed by atoms with Gasteiger partial charge in [0.15, 0.2) is 0 Å². The first-order valence-electron chi connectivity index (χ1n) is 7.24. The molecule has 0 saturated carbocycles. The Morgan fingerprint density at radius 1 is 1.23 bits per heavy atom. The van der Waals surface area contributed by atoms with Crippen LogP contribution in [0, 0.1) is 0 Å². The van der Waals surface area contributed by atoms with Gasteiger partial charge in [-0.2, -0.15) is 0 Å². The van der Waals surface area contributed by atoms with Gasteiger partial charge in [0.05, 0.1) is 5.75 Å². The Morgan fingerprint density at radius 3 is 2.45 bits per heavy atom. The zero-order valence-corrected chi connectivity index (χ0v) is 13.8. The fourth-order valence-electron chi connectivity index (χ4n) is 2.28. The van der Waals surface area contributed by atoms with Crippen LogP contribution in [0.4, 0.5) is 5.82 Å². The predicted molar refractivity (Wildman–Crippen MR) is 85.1 cm³/mol. The summed E-state index contributed by atoms with van der Waals surface area (Å²) in [5.41, 5.74) is 0. The van der Waals surface area contributed by atoms with Crippen LogP contribution in [0.15, 0.2) is 24.4 Å². The number of nitrogens with zero attached hydrogens (tertiary/aromatic N) is 4. The maximum absolute atomic E-state index is 12.1. The molecule has 22 heavy (non-hydrogen) atoms. The van der Waals surface area contributed by atoms with Gasteiger partial charge in [0.1, 0.15) is 5.82 Å². The van der Waals surface area contributed by atoms with Crippen molar-refractivity contribution >= 4 is 21.7 Å². The summed E-state index contributed by atoms with van der Waals surface area (Å²) >= 11 is 0. The Hall–Kier alpha value is -1.67. The molecular weight excluding hydrogens is 304 g/mol. The lowest BCUT2D eigenvalue weighted by Gasteiger charge is -2.35. The zero-order valence-electron chi connectivity index (χ0n) is 13.0. The summed E-state index contributed by atoms with van der Waals surface area (Å²) in [5.74, 6) is 0.662. The van der Waals surface area contributed by atoms with Gasteiger partial charge in [0.25, 0.3) is 0 Å². The highest BCUT2D eigenvalue weighted by molar-refractivity contribution is 7.89. The second-order valence-corrected chi connectivity index (χ2v) is 7.71. The highest BCUT2D eigenvalue weighted by Gasteiger charge is 2.23. The minimum atomic E-state index is -3.32. The van der Waals surface area contributed by atoms with Gasteiger partial charge in [-0.3, -0.25) is 4.79 Å². The SMILES string of the molecule is CN(C)S(=O)(=O)CCC(=O)N1CCN(c2ccccn2)CC1. The molecule has 1 aliphatic rings. The number of piperazine rings is 1. The first kappa shape index (κ1) is 16.7. The molecule has 8 heteroatoms. The van der Waals surface area contributed by atoms with Crippen LogP contribution >= 0.6 is 0 Å². The molecule has 1 aromatic rings. The van der Waals surface area contributed by atoms with Crippen LogP contribution < -0.4 is 4.90 Å². The minimum absolute atomic E-state index is 0.0318. The van der Waals surface area contributed by atoms with Crippen molar-refractivity contribution in [3.63, 3.8) is 0 Å². The number of anilines is 1. The first-order chi connectivity index (χ1) is 10.4. The van der Waals surface area contributed by atoms with Gasteiger partial charge in [-0.25, -0.2) is 17.7 Å². The van der Waals surface area contributed by atoms with Gasteiger partial charge in [0.2, 0.25) is 15.9 Å². The molecule has 0 spiro atoms. The normalized spacial score (nSPS) is 16.1. The van der Waals surface area contributed by atoms with E-state index in [4.69, 9.17) is 0 Å². The number of pyridine rings is 1. The van der Waals surface area contributed by atoms with Crippen LogP contribution in [0.2, 0.25) is 0 Å². The fourth-order valence-corrected chi connectivity index (χ4v) is 3.08. The van der Waals surface area contributed by atoms with Crippen molar-refractivity contribution in [2.75, 3.05) is 50.9 Å². The van der Waals surface area contributed by atoms with Crippen molar-refractivity contribution in [2.45, 2.75) is 6.42 Å². The molecule has 1 fully saturated rings. The smallest absolute Gasteiger partial charge is 0.223 e. The van der Waals surface area contributed by atoms with E-state index in [0.717, 1.165) is 10.1 Å². The maximum Gasteiger partial charge on any atom is 0.223 e. The largest absolute Gasteiger partial charge is 0.353 e. The molecule has 0 N–H and O–H groups in total. The van der Waals surface area contributed by atoms with Crippen molar-refractivity contribution in [3.8, 4) is 0 Å². The van der Waals surface area contributed by atoms with E-state index < -0.39 is 10.0 Å². The van der Waals surface area contributed by atoms with E-state index in [0.29, 0.717) is 26.2 Å². The number of carbonyl (C=O) groups is 1. The molecule has 122 valence electrons. The predicted octanol–water partition coefficient (Wildman–Crippen LogP) is 0.0117. The summed E-state index contributed by atoms with van der Waals surface area (Å²) in [6, 6.07) is 5.75. The van der Waals surface area contributed by atoms with Crippen molar-refractivity contribution in [3.05, 3.63) is 24.4 Å². The van der Waals surface area contributed by atoms with Crippen molar-refractivity contribution in [1.29, 1.82) is 0 Å². The molecule has 2 heterocycles. The zero-order chi connectivity index (χ0) is 16.2. The van der Waals surface area contributed by atoms with Gasteiger partial charge in [0, 0.05) is 52.9 Å². The van der Waals surface area contributed by atoms with E-state index in [-0.39, 0.29) is 18.1 Å². The number of sulfonamides is 1. The Kier molecular flexibility index (Phi) is 5.36. The fraction of sp³-hybridized carbons (Fsp3) is 0.571. The monoisotopic (exact) mass is 326 g/mol. The molecule has 0 atom stereocenters. The lowest BCUT2D eigenvalue weighted by molar-refractivity contribution is -0.131. The molecule has 1 amide bonds. The summed E-state index contributed by atoms with van der Waals surface area (Å²) in [4.78, 5) is 20.3. The molecule has 1 saturated heterocycles. The summed E-state index contributed by atoms with van der Waals surface area (Å²) in [5, 5.41) is 0. The minimum Gasteiger partial charge on any atom is -0.353 e. The van der Waals surface area contributed by atoms with Gasteiger partial charge in [-0.05, 0) is 12.1 Å². The molecular formula is C14H22N4O3S. The molecule has 0 aliphatic carbocycles. The lowest BCUT2D eigenvalue weighted by Crippen LogP contribution is -2.49. The third kappa shape index (κ3) is 4.17. The molecule has 0 bridgehead atoms. The Bertz CT molecular complexity index is 596. The molecule has 1 aliphatic heterocycles. The summed E-state index contributed by atoms with van der Waals surface area (Å²) in [6.45, 7) is 2.61. The van der Waals surface area contributed by atoms with Crippen molar-refractivity contribution in [2.24, 2.45) is 0 Å². The number of carbonyl (C=O) groups excluding carboxylic acids is 1. The Balaban J connectivity index is 1.83. The standard InChI is InChI=1S/C14H22N4O3S/c1-16(2)22(20,21)12-6-14(19)18-10-8-17(9-11-18)13-5-3-4-7-15-13/h3-5,7H,6,8-12H2,1-2H3. The van der Waals surface area contributed by atoms with Crippen molar-refractivity contribution < 1.29 is 13.2 Å². The molecule has 7 nitrogen and oxygen atoms in total. The molecule has 1 aromatic heterocycles. The average Bonchev–Trinajstić information content (AvgIpc) is 2.53. The maximum atomic E-state index is 12.1. The van der Waals surface area contributed by atoms with Crippen LogP contribution in [-0.4, -0.2) is 74.5 Å². The van der Waals surface area contributed by atoms with Crippen LogP contribution in [0.1, 0.15) is 6.42 Å². The third-order valence-electron chi connectivity index (χ3n) is 3.74. The Morgan fingerprint density at radius 2 is 1.91 bits per heavy atom. The van der Waals surface area contributed by atoms with E-state index in [1.807, 2.05) is 18.2 Å². The van der Waals surface area contributed by atoms with E-state index in [9.17, 15) is 13.2 Å². The van der Waals surface area contributed by atoms with Crippen LogP contribution in [-0.2, 0) is 14.8 Å². The second kappa shape index (κ2) is 7.06. The molecule has 0 unspecified atom stereocenters.